The molecule has 0 saturated carbocycles. The molecule has 0 saturated heterocycles. The van der Waals surface area contributed by atoms with Crippen LogP contribution < -0.4 is 0 Å². The van der Waals surface area contributed by atoms with E-state index in [-0.39, 0.29) is 18.3 Å². The Bertz CT molecular complexity index is 495. The van der Waals surface area contributed by atoms with Crippen LogP contribution in [0.3, 0.4) is 0 Å². The van der Waals surface area contributed by atoms with E-state index in [2.05, 4.69) is 0 Å². The number of rotatable bonds is 5. The lowest BCUT2D eigenvalue weighted by Crippen LogP contribution is -2.12. The van der Waals surface area contributed by atoms with E-state index in [4.69, 9.17) is 11.6 Å². The molecule has 0 aliphatic rings. The van der Waals surface area contributed by atoms with Gasteiger partial charge in [0.25, 0.3) is 0 Å². The molecule has 1 heterocycles. The van der Waals surface area contributed by atoms with E-state index >= 15 is 0 Å². The van der Waals surface area contributed by atoms with Crippen molar-refractivity contribution in [2.45, 2.75) is 12.8 Å². The van der Waals surface area contributed by atoms with E-state index < -0.39 is 0 Å². The Labute approximate surface area is 115 Å². The van der Waals surface area contributed by atoms with Crippen LogP contribution in [-0.4, -0.2) is 11.7 Å². The summed E-state index contributed by atoms with van der Waals surface area (Å²) in [5.74, 6) is -0.0884. The first-order valence-corrected chi connectivity index (χ1v) is 6.96. The highest BCUT2D eigenvalue weighted by atomic mass is 35.5. The van der Waals surface area contributed by atoms with E-state index in [1.807, 2.05) is 12.1 Å². The van der Waals surface area contributed by atoms with Crippen LogP contribution in [0, 0.1) is 11.7 Å². The summed E-state index contributed by atoms with van der Waals surface area (Å²) in [5, 5.41) is 9.41. The van der Waals surface area contributed by atoms with Gasteiger partial charge in [-0.25, -0.2) is 4.39 Å². The zero-order chi connectivity index (χ0) is 13.0. The summed E-state index contributed by atoms with van der Waals surface area (Å²) in [6.07, 6.45) is 1.54. The Morgan fingerprint density at radius 3 is 2.39 bits per heavy atom. The van der Waals surface area contributed by atoms with Crippen molar-refractivity contribution in [3.63, 3.8) is 0 Å². The number of aliphatic hydroxyl groups is 1. The van der Waals surface area contributed by atoms with Crippen molar-refractivity contribution in [1.29, 1.82) is 0 Å². The highest BCUT2D eigenvalue weighted by molar-refractivity contribution is 7.16. The molecule has 4 heteroatoms. The smallest absolute Gasteiger partial charge is 0.123 e. The Hall–Kier alpha value is -0.900. The lowest BCUT2D eigenvalue weighted by molar-refractivity contribution is 0.225. The van der Waals surface area contributed by atoms with Crippen molar-refractivity contribution in [3.8, 4) is 0 Å². The van der Waals surface area contributed by atoms with Crippen LogP contribution in [-0.2, 0) is 12.8 Å². The van der Waals surface area contributed by atoms with Gasteiger partial charge in [0.15, 0.2) is 0 Å². The van der Waals surface area contributed by atoms with Crippen molar-refractivity contribution < 1.29 is 9.50 Å². The van der Waals surface area contributed by atoms with Crippen LogP contribution in [0.1, 0.15) is 10.4 Å². The number of thiophene rings is 1. The third-order valence-corrected chi connectivity index (χ3v) is 4.07. The van der Waals surface area contributed by atoms with Gasteiger partial charge in [-0.3, -0.25) is 0 Å². The Morgan fingerprint density at radius 1 is 1.11 bits per heavy atom. The van der Waals surface area contributed by atoms with Crippen LogP contribution in [0.2, 0.25) is 4.34 Å². The minimum Gasteiger partial charge on any atom is -0.396 e. The second kappa shape index (κ2) is 6.32. The van der Waals surface area contributed by atoms with Crippen molar-refractivity contribution >= 4 is 22.9 Å². The average Bonchev–Trinajstić information content (AvgIpc) is 2.77. The van der Waals surface area contributed by atoms with Crippen molar-refractivity contribution in [1.82, 2.24) is 0 Å². The molecular formula is C14H14ClFOS. The highest BCUT2D eigenvalue weighted by Gasteiger charge is 2.11. The molecule has 2 rings (SSSR count). The second-order valence-corrected chi connectivity index (χ2v) is 6.09. The van der Waals surface area contributed by atoms with Crippen LogP contribution >= 0.6 is 22.9 Å². The van der Waals surface area contributed by atoms with Crippen LogP contribution in [0.5, 0.6) is 0 Å². The molecule has 2 aromatic rings. The number of aliphatic hydroxyl groups excluding tert-OH is 1. The van der Waals surface area contributed by atoms with Gasteiger partial charge in [-0.15, -0.1) is 11.3 Å². The highest BCUT2D eigenvalue weighted by Crippen LogP contribution is 2.25. The maximum absolute atomic E-state index is 12.8. The number of benzene rings is 1. The molecule has 0 fully saturated rings. The predicted molar refractivity (Wildman–Crippen MR) is 73.7 cm³/mol. The lowest BCUT2D eigenvalue weighted by atomic mass is 9.96. The Balaban J connectivity index is 1.99. The van der Waals surface area contributed by atoms with Gasteiger partial charge in [-0.2, -0.15) is 0 Å². The summed E-state index contributed by atoms with van der Waals surface area (Å²) >= 11 is 7.42. The van der Waals surface area contributed by atoms with Crippen molar-refractivity contribution in [3.05, 3.63) is 57.0 Å². The standard InChI is InChI=1S/C14H14ClFOS/c15-14-6-5-13(18-14)8-11(9-17)7-10-1-3-12(16)4-2-10/h1-6,11,17H,7-9H2. The van der Waals surface area contributed by atoms with Crippen LogP contribution in [0.15, 0.2) is 36.4 Å². The van der Waals surface area contributed by atoms with Gasteiger partial charge < -0.3 is 5.11 Å². The number of hydrogen-bond acceptors (Lipinski definition) is 2. The summed E-state index contributed by atoms with van der Waals surface area (Å²) < 4.78 is 13.6. The molecule has 1 unspecified atom stereocenters. The van der Waals surface area contributed by atoms with Gasteiger partial charge in [0.05, 0.1) is 4.34 Å². The van der Waals surface area contributed by atoms with Crippen molar-refractivity contribution in [2.75, 3.05) is 6.61 Å². The summed E-state index contributed by atoms with van der Waals surface area (Å²) in [6.45, 7) is 0.118. The van der Waals surface area contributed by atoms with E-state index in [1.165, 1.54) is 28.3 Å². The maximum Gasteiger partial charge on any atom is 0.123 e. The normalized spacial score (nSPS) is 12.6. The molecule has 1 aromatic carbocycles. The quantitative estimate of drug-likeness (QED) is 0.882. The molecular weight excluding hydrogens is 271 g/mol. The first-order valence-electron chi connectivity index (χ1n) is 5.77. The molecule has 1 N–H and O–H groups in total. The molecule has 0 radical (unpaired) electrons. The molecule has 0 aliphatic heterocycles. The zero-order valence-corrected chi connectivity index (χ0v) is 11.3. The zero-order valence-electron chi connectivity index (χ0n) is 9.77. The van der Waals surface area contributed by atoms with E-state index in [1.54, 1.807) is 12.1 Å². The van der Waals surface area contributed by atoms with E-state index in [0.29, 0.717) is 0 Å². The predicted octanol–water partition coefficient (Wildman–Crippen LogP) is 3.93. The lowest BCUT2D eigenvalue weighted by Gasteiger charge is -2.13. The molecule has 1 aromatic heterocycles. The first-order chi connectivity index (χ1) is 8.67. The molecule has 0 aliphatic carbocycles. The summed E-state index contributed by atoms with van der Waals surface area (Å²) in [6, 6.07) is 10.3. The van der Waals surface area contributed by atoms with Crippen molar-refractivity contribution in [2.24, 2.45) is 5.92 Å². The average molecular weight is 285 g/mol. The Kier molecular flexibility index (Phi) is 4.75. The molecule has 0 spiro atoms. The molecule has 0 bridgehead atoms. The largest absolute Gasteiger partial charge is 0.396 e. The van der Waals surface area contributed by atoms with Gasteiger partial charge in [-0.1, -0.05) is 23.7 Å². The number of hydrogen-bond donors (Lipinski definition) is 1. The third kappa shape index (κ3) is 3.80. The monoisotopic (exact) mass is 284 g/mol. The Morgan fingerprint density at radius 2 is 1.83 bits per heavy atom. The second-order valence-electron chi connectivity index (χ2n) is 4.29. The van der Waals surface area contributed by atoms with Gasteiger partial charge in [-0.05, 0) is 48.6 Å². The summed E-state index contributed by atoms with van der Waals surface area (Å²) in [7, 11) is 0. The fourth-order valence-corrected chi connectivity index (χ4v) is 3.10. The number of halogens is 2. The molecule has 0 amide bonds. The molecule has 96 valence electrons. The fraction of sp³-hybridized carbons (Fsp3) is 0.286. The molecule has 1 nitrogen and oxygen atoms in total. The topological polar surface area (TPSA) is 20.2 Å². The van der Waals surface area contributed by atoms with E-state index in [0.717, 1.165) is 22.7 Å². The minimum atomic E-state index is -0.232. The van der Waals surface area contributed by atoms with Crippen LogP contribution in [0.4, 0.5) is 4.39 Å². The summed E-state index contributed by atoms with van der Waals surface area (Å²) in [4.78, 5) is 1.17. The third-order valence-electron chi connectivity index (χ3n) is 2.81. The van der Waals surface area contributed by atoms with Gasteiger partial charge in [0.1, 0.15) is 5.82 Å². The maximum atomic E-state index is 12.8. The van der Waals surface area contributed by atoms with E-state index in [9.17, 15) is 9.50 Å². The minimum absolute atomic E-state index is 0.118. The SMILES string of the molecule is OCC(Cc1ccc(F)cc1)Cc1ccc(Cl)s1. The molecule has 1 atom stereocenters. The van der Waals surface area contributed by atoms with Gasteiger partial charge in [0.2, 0.25) is 0 Å². The summed E-state index contributed by atoms with van der Waals surface area (Å²) in [5.41, 5.74) is 1.04. The van der Waals surface area contributed by atoms with Crippen LogP contribution in [0.25, 0.3) is 0 Å². The van der Waals surface area contributed by atoms with Gasteiger partial charge >= 0.3 is 0 Å². The first kappa shape index (κ1) is 13.5. The van der Waals surface area contributed by atoms with Gasteiger partial charge in [0, 0.05) is 11.5 Å². The fourth-order valence-electron chi connectivity index (χ4n) is 1.90. The molecule has 18 heavy (non-hydrogen) atoms.